The predicted molar refractivity (Wildman–Crippen MR) is 86.8 cm³/mol. The summed E-state index contributed by atoms with van der Waals surface area (Å²) in [6.45, 7) is 0.241. The second kappa shape index (κ2) is 7.33. The molecule has 0 saturated heterocycles. The zero-order valence-electron chi connectivity index (χ0n) is 13.1. The van der Waals surface area contributed by atoms with E-state index in [9.17, 15) is 9.18 Å². The number of carbonyl (C=O) groups is 1. The summed E-state index contributed by atoms with van der Waals surface area (Å²) in [4.78, 5) is 13.8. The summed E-state index contributed by atoms with van der Waals surface area (Å²) in [6, 6.07) is 9.28. The van der Waals surface area contributed by atoms with E-state index in [2.05, 4.69) is 0 Å². The van der Waals surface area contributed by atoms with Crippen LogP contribution in [0.15, 0.2) is 36.4 Å². The highest BCUT2D eigenvalue weighted by atomic mass is 35.5. The van der Waals surface area contributed by atoms with Gasteiger partial charge in [-0.3, -0.25) is 4.79 Å². The molecule has 1 amide bonds. The van der Waals surface area contributed by atoms with Gasteiger partial charge in [0, 0.05) is 24.2 Å². The van der Waals surface area contributed by atoms with E-state index in [-0.39, 0.29) is 12.1 Å². The number of ether oxygens (including phenoxy) is 2. The molecule has 0 aliphatic rings. The van der Waals surface area contributed by atoms with Gasteiger partial charge < -0.3 is 14.4 Å². The van der Waals surface area contributed by atoms with Crippen LogP contribution in [0.2, 0.25) is 5.02 Å². The van der Waals surface area contributed by atoms with E-state index in [0.717, 1.165) is 5.56 Å². The number of halogens is 2. The topological polar surface area (TPSA) is 38.8 Å². The molecule has 0 spiro atoms. The van der Waals surface area contributed by atoms with E-state index in [1.807, 2.05) is 6.07 Å². The van der Waals surface area contributed by atoms with Crippen LogP contribution in [0.4, 0.5) is 4.39 Å². The monoisotopic (exact) mass is 337 g/mol. The van der Waals surface area contributed by atoms with Crippen molar-refractivity contribution in [3.05, 3.63) is 58.4 Å². The minimum absolute atomic E-state index is 0.0677. The zero-order valence-corrected chi connectivity index (χ0v) is 13.9. The van der Waals surface area contributed by atoms with Crippen LogP contribution in [0, 0.1) is 5.82 Å². The lowest BCUT2D eigenvalue weighted by molar-refractivity contribution is 0.0779. The minimum Gasteiger partial charge on any atom is -0.493 e. The van der Waals surface area contributed by atoms with Gasteiger partial charge in [-0.2, -0.15) is 0 Å². The van der Waals surface area contributed by atoms with Gasteiger partial charge in [0.05, 0.1) is 19.8 Å². The van der Waals surface area contributed by atoms with E-state index >= 15 is 0 Å². The van der Waals surface area contributed by atoms with Gasteiger partial charge in [-0.05, 0) is 24.3 Å². The number of benzene rings is 2. The van der Waals surface area contributed by atoms with Gasteiger partial charge >= 0.3 is 0 Å². The van der Waals surface area contributed by atoms with Gasteiger partial charge in [0.15, 0.2) is 11.5 Å². The maximum absolute atomic E-state index is 13.8. The van der Waals surface area contributed by atoms with Crippen LogP contribution in [-0.4, -0.2) is 32.1 Å². The fourth-order valence-corrected chi connectivity index (χ4v) is 2.44. The summed E-state index contributed by atoms with van der Waals surface area (Å²) >= 11 is 5.84. The normalized spacial score (nSPS) is 10.3. The Kier molecular flexibility index (Phi) is 5.45. The molecule has 2 aromatic carbocycles. The van der Waals surface area contributed by atoms with Crippen molar-refractivity contribution >= 4 is 17.5 Å². The van der Waals surface area contributed by atoms with Crippen molar-refractivity contribution < 1.29 is 18.7 Å². The summed E-state index contributed by atoms with van der Waals surface area (Å²) in [5.74, 6) is 0.0414. The van der Waals surface area contributed by atoms with E-state index in [1.54, 1.807) is 19.2 Å². The van der Waals surface area contributed by atoms with Crippen molar-refractivity contribution in [2.75, 3.05) is 21.3 Å². The maximum Gasteiger partial charge on any atom is 0.256 e. The SMILES string of the molecule is COc1cccc(CN(C)C(=O)c2cc(Cl)ccc2F)c1OC. The number of carbonyl (C=O) groups excluding carboxylic acids is 1. The third-order valence-corrected chi connectivity index (χ3v) is 3.63. The van der Waals surface area contributed by atoms with E-state index in [4.69, 9.17) is 21.1 Å². The van der Waals surface area contributed by atoms with Crippen LogP contribution in [0.5, 0.6) is 11.5 Å². The van der Waals surface area contributed by atoms with Gasteiger partial charge in [0.1, 0.15) is 5.82 Å². The number of amides is 1. The molecule has 6 heteroatoms. The van der Waals surface area contributed by atoms with Gasteiger partial charge in [-0.1, -0.05) is 23.7 Å². The molecule has 0 unspecified atom stereocenters. The largest absolute Gasteiger partial charge is 0.493 e. The standard InChI is InChI=1S/C17H17ClFNO3/c1-20(17(21)13-9-12(18)7-8-14(13)19)10-11-5-4-6-15(22-2)16(11)23-3/h4-9H,10H2,1-3H3. The molecule has 4 nitrogen and oxygen atoms in total. The highest BCUT2D eigenvalue weighted by Crippen LogP contribution is 2.31. The molecule has 0 atom stereocenters. The summed E-state index contributed by atoms with van der Waals surface area (Å²) in [7, 11) is 4.65. The molecule has 0 aliphatic heterocycles. The molecule has 0 aromatic heterocycles. The molecule has 0 N–H and O–H groups in total. The average molecular weight is 338 g/mol. The molecular formula is C17H17ClFNO3. The third-order valence-electron chi connectivity index (χ3n) is 3.40. The van der Waals surface area contributed by atoms with Crippen molar-refractivity contribution in [2.24, 2.45) is 0 Å². The molecular weight excluding hydrogens is 321 g/mol. The molecule has 0 fully saturated rings. The lowest BCUT2D eigenvalue weighted by Gasteiger charge is -2.20. The van der Waals surface area contributed by atoms with E-state index in [0.29, 0.717) is 16.5 Å². The fourth-order valence-electron chi connectivity index (χ4n) is 2.27. The number of hydrogen-bond donors (Lipinski definition) is 0. The predicted octanol–water partition coefficient (Wildman–Crippen LogP) is 3.77. The number of para-hydroxylation sites is 1. The second-order valence-corrected chi connectivity index (χ2v) is 5.37. The number of methoxy groups -OCH3 is 2. The summed E-state index contributed by atoms with van der Waals surface area (Å²) in [5.41, 5.74) is 0.687. The highest BCUT2D eigenvalue weighted by molar-refractivity contribution is 6.31. The molecule has 0 saturated carbocycles. The van der Waals surface area contributed by atoms with Crippen LogP contribution >= 0.6 is 11.6 Å². The van der Waals surface area contributed by atoms with Crippen molar-refractivity contribution in [1.82, 2.24) is 4.90 Å². The lowest BCUT2D eigenvalue weighted by Crippen LogP contribution is -2.27. The number of nitrogens with zero attached hydrogens (tertiary/aromatic N) is 1. The van der Waals surface area contributed by atoms with Crippen molar-refractivity contribution in [2.45, 2.75) is 6.54 Å². The summed E-state index contributed by atoms with van der Waals surface area (Å²) in [5, 5.41) is 0.308. The van der Waals surface area contributed by atoms with Crippen molar-refractivity contribution in [1.29, 1.82) is 0 Å². The van der Waals surface area contributed by atoms with Crippen LogP contribution in [0.1, 0.15) is 15.9 Å². The smallest absolute Gasteiger partial charge is 0.256 e. The number of rotatable bonds is 5. The van der Waals surface area contributed by atoms with Gasteiger partial charge in [-0.25, -0.2) is 4.39 Å². The van der Waals surface area contributed by atoms with E-state index < -0.39 is 11.7 Å². The first-order valence-electron chi connectivity index (χ1n) is 6.88. The average Bonchev–Trinajstić information content (AvgIpc) is 2.55. The first kappa shape index (κ1) is 17.1. The van der Waals surface area contributed by atoms with Crippen molar-refractivity contribution in [3.8, 4) is 11.5 Å². The molecule has 0 heterocycles. The molecule has 0 radical (unpaired) electrons. The lowest BCUT2D eigenvalue weighted by atomic mass is 10.1. The molecule has 122 valence electrons. The molecule has 0 bridgehead atoms. The highest BCUT2D eigenvalue weighted by Gasteiger charge is 2.19. The Morgan fingerprint density at radius 2 is 1.96 bits per heavy atom. The Morgan fingerprint density at radius 3 is 2.61 bits per heavy atom. The quantitative estimate of drug-likeness (QED) is 0.833. The first-order chi connectivity index (χ1) is 11.0. The Balaban J connectivity index is 2.27. The van der Waals surface area contributed by atoms with Crippen LogP contribution in [-0.2, 0) is 6.54 Å². The number of hydrogen-bond acceptors (Lipinski definition) is 3. The Labute approximate surface area is 139 Å². The van der Waals surface area contributed by atoms with Gasteiger partial charge in [0.25, 0.3) is 5.91 Å². The Bertz CT molecular complexity index is 721. The maximum atomic E-state index is 13.8. The molecule has 0 aliphatic carbocycles. The van der Waals surface area contributed by atoms with Crippen LogP contribution in [0.25, 0.3) is 0 Å². The Morgan fingerprint density at radius 1 is 1.22 bits per heavy atom. The van der Waals surface area contributed by atoms with E-state index in [1.165, 1.54) is 37.3 Å². The van der Waals surface area contributed by atoms with Crippen LogP contribution in [0.3, 0.4) is 0 Å². The zero-order chi connectivity index (χ0) is 17.0. The first-order valence-corrected chi connectivity index (χ1v) is 7.26. The fraction of sp³-hybridized carbons (Fsp3) is 0.235. The molecule has 2 rings (SSSR count). The van der Waals surface area contributed by atoms with Crippen LogP contribution < -0.4 is 9.47 Å². The third kappa shape index (κ3) is 3.74. The Hall–Kier alpha value is -2.27. The minimum atomic E-state index is -0.608. The van der Waals surface area contributed by atoms with Gasteiger partial charge in [0.2, 0.25) is 0 Å². The summed E-state index contributed by atoms with van der Waals surface area (Å²) in [6.07, 6.45) is 0. The molecule has 2 aromatic rings. The van der Waals surface area contributed by atoms with Gasteiger partial charge in [-0.15, -0.1) is 0 Å². The molecule has 23 heavy (non-hydrogen) atoms. The summed E-state index contributed by atoms with van der Waals surface area (Å²) < 4.78 is 24.4. The van der Waals surface area contributed by atoms with Crippen molar-refractivity contribution in [3.63, 3.8) is 0 Å². The second-order valence-electron chi connectivity index (χ2n) is 4.94.